The topological polar surface area (TPSA) is 47.0 Å². The second-order valence-corrected chi connectivity index (χ2v) is 4.18. The minimum absolute atomic E-state index is 0.339. The van der Waals surface area contributed by atoms with Crippen molar-refractivity contribution in [1.29, 1.82) is 0 Å². The molecule has 100 valence electrons. The molecule has 1 N–H and O–H groups in total. The van der Waals surface area contributed by atoms with Gasteiger partial charge in [0, 0.05) is 12.6 Å². The second kappa shape index (κ2) is 6.13. The number of rotatable bonds is 5. The van der Waals surface area contributed by atoms with Gasteiger partial charge in [0.25, 0.3) is 0 Å². The van der Waals surface area contributed by atoms with Crippen LogP contribution in [0.1, 0.15) is 18.9 Å². The van der Waals surface area contributed by atoms with E-state index in [1.54, 1.807) is 12.3 Å². The lowest BCUT2D eigenvalue weighted by Crippen LogP contribution is -2.03. The Kier molecular flexibility index (Phi) is 4.28. The molecule has 5 heteroatoms. The smallest absolute Gasteiger partial charge is 0.239 e. The summed E-state index contributed by atoms with van der Waals surface area (Å²) in [5, 5.41) is 3.12. The first-order valence-electron chi connectivity index (χ1n) is 6.19. The molecule has 1 aromatic heterocycles. The van der Waals surface area contributed by atoms with E-state index in [1.165, 1.54) is 18.3 Å². The van der Waals surface area contributed by atoms with Gasteiger partial charge in [-0.25, -0.2) is 4.39 Å². The van der Waals surface area contributed by atoms with Gasteiger partial charge in [0.15, 0.2) is 0 Å². The highest BCUT2D eigenvalue weighted by molar-refractivity contribution is 5.38. The first kappa shape index (κ1) is 13.3. The van der Waals surface area contributed by atoms with Crippen molar-refractivity contribution in [1.82, 2.24) is 9.97 Å². The summed E-state index contributed by atoms with van der Waals surface area (Å²) >= 11 is 0. The van der Waals surface area contributed by atoms with Crippen molar-refractivity contribution in [3.05, 3.63) is 42.0 Å². The van der Waals surface area contributed by atoms with Crippen molar-refractivity contribution in [2.45, 2.75) is 20.3 Å². The third kappa shape index (κ3) is 3.64. The van der Waals surface area contributed by atoms with E-state index in [4.69, 9.17) is 4.74 Å². The maximum absolute atomic E-state index is 13.2. The predicted octanol–water partition coefficient (Wildman–Crippen LogP) is 3.54. The number of anilines is 1. The fraction of sp³-hybridized carbons (Fsp3) is 0.286. The zero-order valence-corrected chi connectivity index (χ0v) is 11.0. The lowest BCUT2D eigenvalue weighted by Gasteiger charge is -2.09. The molecule has 0 spiro atoms. The van der Waals surface area contributed by atoms with Crippen LogP contribution >= 0.6 is 0 Å². The van der Waals surface area contributed by atoms with Crippen molar-refractivity contribution < 1.29 is 9.13 Å². The van der Waals surface area contributed by atoms with Crippen LogP contribution in [-0.4, -0.2) is 16.5 Å². The van der Waals surface area contributed by atoms with Gasteiger partial charge in [-0.1, -0.05) is 13.0 Å². The molecule has 1 heterocycles. The third-order valence-corrected chi connectivity index (χ3v) is 2.53. The number of nitrogens with one attached hydrogen (secondary N) is 1. The summed E-state index contributed by atoms with van der Waals surface area (Å²) in [6.45, 7) is 4.73. The summed E-state index contributed by atoms with van der Waals surface area (Å²) in [6.07, 6.45) is 4.12. The van der Waals surface area contributed by atoms with Crippen LogP contribution < -0.4 is 10.1 Å². The van der Waals surface area contributed by atoms with Crippen LogP contribution in [0.15, 0.2) is 30.6 Å². The number of benzene rings is 1. The van der Waals surface area contributed by atoms with Crippen molar-refractivity contribution in [2.75, 3.05) is 11.9 Å². The first-order chi connectivity index (χ1) is 9.19. The molecular weight excluding hydrogens is 245 g/mol. The highest BCUT2D eigenvalue weighted by Gasteiger charge is 2.05. The summed E-state index contributed by atoms with van der Waals surface area (Å²) in [6, 6.07) is 4.40. The van der Waals surface area contributed by atoms with Gasteiger partial charge in [0.05, 0.1) is 12.4 Å². The molecule has 0 saturated heterocycles. The summed E-state index contributed by atoms with van der Waals surface area (Å²) in [7, 11) is 0. The molecule has 2 rings (SSSR count). The number of aromatic nitrogens is 2. The summed E-state index contributed by atoms with van der Waals surface area (Å²) < 4.78 is 18.7. The Bertz CT molecular complexity index is 560. The molecule has 0 bridgehead atoms. The Balaban J connectivity index is 2.16. The molecule has 0 aliphatic rings. The van der Waals surface area contributed by atoms with Crippen molar-refractivity contribution in [3.63, 3.8) is 0 Å². The van der Waals surface area contributed by atoms with Gasteiger partial charge in [0.2, 0.25) is 5.88 Å². The molecule has 19 heavy (non-hydrogen) atoms. The van der Waals surface area contributed by atoms with E-state index < -0.39 is 0 Å². The van der Waals surface area contributed by atoms with Crippen molar-refractivity contribution in [3.8, 4) is 11.6 Å². The third-order valence-electron chi connectivity index (χ3n) is 2.53. The molecule has 2 aromatic rings. The number of nitrogens with zero attached hydrogens (tertiary/aromatic N) is 2. The SMILES string of the molecule is CCCNc1cncc(Oc2cc(F)ccc2C)n1. The molecule has 0 fully saturated rings. The van der Waals surface area contributed by atoms with Gasteiger partial charge >= 0.3 is 0 Å². The van der Waals surface area contributed by atoms with Gasteiger partial charge in [-0.05, 0) is 25.0 Å². The van der Waals surface area contributed by atoms with Crippen LogP contribution in [0.2, 0.25) is 0 Å². The van der Waals surface area contributed by atoms with Crippen molar-refractivity contribution in [2.24, 2.45) is 0 Å². The van der Waals surface area contributed by atoms with Crippen LogP contribution in [0.25, 0.3) is 0 Å². The van der Waals surface area contributed by atoms with E-state index in [2.05, 4.69) is 22.2 Å². The standard InChI is InChI=1S/C14H16FN3O/c1-3-6-17-13-8-16-9-14(18-13)19-12-7-11(15)5-4-10(12)2/h4-5,7-9H,3,6H2,1-2H3,(H,17,18). The van der Waals surface area contributed by atoms with E-state index in [0.717, 1.165) is 18.5 Å². The average molecular weight is 261 g/mol. The average Bonchev–Trinajstić information content (AvgIpc) is 2.41. The molecule has 0 amide bonds. The van der Waals surface area contributed by atoms with E-state index in [-0.39, 0.29) is 5.82 Å². The fourth-order valence-corrected chi connectivity index (χ4v) is 1.53. The molecule has 0 saturated carbocycles. The van der Waals surface area contributed by atoms with Gasteiger partial charge in [-0.2, -0.15) is 4.98 Å². The molecule has 0 aliphatic heterocycles. The normalized spacial score (nSPS) is 10.3. The Morgan fingerprint density at radius 1 is 1.32 bits per heavy atom. The summed E-state index contributed by atoms with van der Waals surface area (Å²) in [5.74, 6) is 1.10. The van der Waals surface area contributed by atoms with Crippen molar-refractivity contribution >= 4 is 5.82 Å². The fourth-order valence-electron chi connectivity index (χ4n) is 1.53. The highest BCUT2D eigenvalue weighted by Crippen LogP contribution is 2.24. The van der Waals surface area contributed by atoms with Gasteiger partial charge in [-0.15, -0.1) is 0 Å². The van der Waals surface area contributed by atoms with Crippen LogP contribution in [-0.2, 0) is 0 Å². The Morgan fingerprint density at radius 3 is 2.95 bits per heavy atom. The molecule has 1 aromatic carbocycles. The summed E-state index contributed by atoms with van der Waals surface area (Å²) in [5.41, 5.74) is 0.843. The molecule has 0 radical (unpaired) electrons. The number of hydrogen-bond donors (Lipinski definition) is 1. The molecular formula is C14H16FN3O. The number of ether oxygens (including phenoxy) is 1. The Hall–Kier alpha value is -2.17. The molecule has 0 aliphatic carbocycles. The van der Waals surface area contributed by atoms with Crippen LogP contribution in [0.5, 0.6) is 11.6 Å². The zero-order valence-electron chi connectivity index (χ0n) is 11.0. The minimum Gasteiger partial charge on any atom is -0.437 e. The van der Waals surface area contributed by atoms with E-state index >= 15 is 0 Å². The number of aryl methyl sites for hydroxylation is 1. The van der Waals surface area contributed by atoms with Crippen LogP contribution in [0, 0.1) is 12.7 Å². The molecule has 0 atom stereocenters. The van der Waals surface area contributed by atoms with Gasteiger partial charge in [-0.3, -0.25) is 4.98 Å². The largest absolute Gasteiger partial charge is 0.437 e. The molecule has 0 unspecified atom stereocenters. The van der Waals surface area contributed by atoms with E-state index in [1.807, 2.05) is 6.92 Å². The summed E-state index contributed by atoms with van der Waals surface area (Å²) in [4.78, 5) is 8.30. The highest BCUT2D eigenvalue weighted by atomic mass is 19.1. The van der Waals surface area contributed by atoms with E-state index in [9.17, 15) is 4.39 Å². The Morgan fingerprint density at radius 2 is 2.16 bits per heavy atom. The van der Waals surface area contributed by atoms with Crippen LogP contribution in [0.3, 0.4) is 0 Å². The monoisotopic (exact) mass is 261 g/mol. The van der Waals surface area contributed by atoms with E-state index in [0.29, 0.717) is 17.4 Å². The maximum Gasteiger partial charge on any atom is 0.239 e. The van der Waals surface area contributed by atoms with Crippen LogP contribution in [0.4, 0.5) is 10.2 Å². The maximum atomic E-state index is 13.2. The zero-order chi connectivity index (χ0) is 13.7. The lowest BCUT2D eigenvalue weighted by atomic mass is 10.2. The minimum atomic E-state index is -0.339. The number of hydrogen-bond acceptors (Lipinski definition) is 4. The quantitative estimate of drug-likeness (QED) is 0.894. The van der Waals surface area contributed by atoms with Gasteiger partial charge < -0.3 is 10.1 Å². The predicted molar refractivity (Wildman–Crippen MR) is 72.0 cm³/mol. The lowest BCUT2D eigenvalue weighted by molar-refractivity contribution is 0.452. The second-order valence-electron chi connectivity index (χ2n) is 4.18. The Labute approximate surface area is 111 Å². The number of halogens is 1. The van der Waals surface area contributed by atoms with Gasteiger partial charge in [0.1, 0.15) is 17.4 Å². The first-order valence-corrected chi connectivity index (χ1v) is 6.19. The molecule has 4 nitrogen and oxygen atoms in total.